The maximum Gasteiger partial charge on any atom is 0.341 e. The summed E-state index contributed by atoms with van der Waals surface area (Å²) < 4.78 is 31.6. The number of halogens is 5. The van der Waals surface area contributed by atoms with Crippen molar-refractivity contribution in [2.75, 3.05) is 0 Å². The van der Waals surface area contributed by atoms with Gasteiger partial charge in [-0.25, -0.2) is 4.79 Å². The molecule has 7 saturated heterocycles. The third kappa shape index (κ3) is 9.36. The Morgan fingerprint density at radius 2 is 0.975 bits per heavy atom. The van der Waals surface area contributed by atoms with E-state index in [1.807, 2.05) is 31.2 Å². The minimum Gasteiger partial charge on any atom is -0.393 e. The lowest BCUT2D eigenvalue weighted by Gasteiger charge is -2.27. The van der Waals surface area contributed by atoms with Crippen molar-refractivity contribution in [3.05, 3.63) is 70.3 Å². The second kappa shape index (κ2) is 21.2. The maximum absolute atomic E-state index is 11.6. The molecular weight excluding hydrogens is 1170 g/mol. The number of hydrogen-bond donors (Lipinski definition) is 0. The van der Waals surface area contributed by atoms with E-state index in [4.69, 9.17) is 58.0 Å². The monoisotopic (exact) mass is 1220 g/mol. The second-order valence-corrected chi connectivity index (χ2v) is 24.8. The molecular formula is C55H47Cl5O21. The highest BCUT2D eigenvalue weighted by Gasteiger charge is 2.81. The van der Waals surface area contributed by atoms with Gasteiger partial charge >= 0.3 is 83.6 Å². The summed E-state index contributed by atoms with van der Waals surface area (Å²) in [5, 5.41) is -0.905. The summed E-state index contributed by atoms with van der Waals surface area (Å²) in [5.74, 6) is -9.92. The van der Waals surface area contributed by atoms with Crippen molar-refractivity contribution >= 4 is 142 Å². The van der Waals surface area contributed by atoms with Crippen molar-refractivity contribution in [3.63, 3.8) is 0 Å². The van der Waals surface area contributed by atoms with Crippen LogP contribution in [0.3, 0.4) is 0 Å². The van der Waals surface area contributed by atoms with E-state index in [0.717, 1.165) is 12.0 Å². The highest BCUT2D eigenvalue weighted by Crippen LogP contribution is 2.71. The molecule has 81 heavy (non-hydrogen) atoms. The lowest BCUT2D eigenvalue weighted by molar-refractivity contribution is -0.156. The fraction of sp³-hybridized carbons (Fsp3) is 0.527. The van der Waals surface area contributed by atoms with Crippen LogP contribution in [0, 0.1) is 107 Å². The van der Waals surface area contributed by atoms with Gasteiger partial charge in [0.25, 0.3) is 0 Å². The number of rotatable bonds is 1. The van der Waals surface area contributed by atoms with E-state index in [-0.39, 0.29) is 135 Å². The van der Waals surface area contributed by atoms with Crippen molar-refractivity contribution in [3.8, 4) is 0 Å². The fourth-order valence-corrected chi connectivity index (χ4v) is 16.6. The Bertz CT molecular complexity index is 3020. The van der Waals surface area contributed by atoms with Crippen molar-refractivity contribution in [2.24, 2.45) is 107 Å². The maximum atomic E-state index is 11.6. The summed E-state index contributed by atoms with van der Waals surface area (Å²) >= 11 is 30.7. The van der Waals surface area contributed by atoms with Gasteiger partial charge in [-0.1, -0.05) is 91.7 Å². The number of hydrogen-bond acceptors (Lipinski definition) is 21. The molecule has 0 radical (unpaired) electrons. The smallest absolute Gasteiger partial charge is 0.341 e. The van der Waals surface area contributed by atoms with Crippen LogP contribution in [0.5, 0.6) is 0 Å². The Morgan fingerprint density at radius 1 is 0.506 bits per heavy atom. The molecule has 26 heteroatoms. The molecule has 6 bridgehead atoms. The highest BCUT2D eigenvalue weighted by molar-refractivity contribution is 6.56. The van der Waals surface area contributed by atoms with E-state index >= 15 is 0 Å². The Balaban J connectivity index is 0.000000111. The van der Waals surface area contributed by atoms with Gasteiger partial charge in [0.1, 0.15) is 9.75 Å². The van der Waals surface area contributed by atoms with Crippen LogP contribution in [0.15, 0.2) is 70.3 Å². The molecule has 15 aliphatic rings. The number of alkyl halides is 3. The molecule has 10 fully saturated rings. The molecule has 19 unspecified atom stereocenters. The second-order valence-electron chi connectivity index (χ2n) is 22.3. The van der Waals surface area contributed by atoms with Gasteiger partial charge in [-0.2, -0.15) is 0 Å². The molecule has 0 amide bonds. The zero-order valence-electron chi connectivity index (χ0n) is 42.7. The minimum absolute atomic E-state index is 0.0173. The molecule has 19 atom stereocenters. The lowest BCUT2D eigenvalue weighted by Crippen LogP contribution is -2.38. The zero-order valence-corrected chi connectivity index (χ0v) is 46.5. The van der Waals surface area contributed by atoms with Gasteiger partial charge in [-0.3, -0.25) is 62.3 Å². The van der Waals surface area contributed by atoms with Crippen molar-refractivity contribution < 1.29 is 100 Å². The van der Waals surface area contributed by atoms with Crippen molar-refractivity contribution in [2.45, 2.75) is 68.0 Å². The summed E-state index contributed by atoms with van der Waals surface area (Å²) in [5.41, 5.74) is 0.972. The third-order valence-corrected chi connectivity index (χ3v) is 21.5. The van der Waals surface area contributed by atoms with Crippen LogP contribution in [-0.2, 0) is 100 Å². The molecule has 15 rings (SSSR count). The molecule has 3 saturated carbocycles. The first-order valence-electron chi connectivity index (χ1n) is 25.9. The van der Waals surface area contributed by atoms with Crippen LogP contribution in [0.2, 0.25) is 0 Å². The topological polar surface area (TPSA) is 304 Å². The first-order valence-corrected chi connectivity index (χ1v) is 27.8. The Hall–Kier alpha value is -6.13. The molecule has 8 aliphatic carbocycles. The van der Waals surface area contributed by atoms with Crippen molar-refractivity contribution in [1.82, 2.24) is 0 Å². The molecule has 0 N–H and O–H groups in total. The quantitative estimate of drug-likeness (QED) is 0.0822. The Labute approximate surface area is 484 Å². The number of fused-ring (bicyclic) bond motifs is 17. The van der Waals surface area contributed by atoms with E-state index in [9.17, 15) is 67.1 Å². The van der Waals surface area contributed by atoms with E-state index in [0.29, 0.717) is 18.8 Å². The van der Waals surface area contributed by atoms with Crippen LogP contribution in [0.25, 0.3) is 0 Å². The summed E-state index contributed by atoms with van der Waals surface area (Å²) in [6.45, 7) is 9.08. The molecule has 0 aromatic carbocycles. The van der Waals surface area contributed by atoms with Crippen LogP contribution in [0.4, 0.5) is 0 Å². The molecule has 0 aromatic rings. The van der Waals surface area contributed by atoms with Gasteiger partial charge in [0.15, 0.2) is 0 Å². The van der Waals surface area contributed by atoms with Crippen LogP contribution in [-0.4, -0.2) is 98.7 Å². The normalized spacial score (nSPS) is 43.0. The molecule has 0 spiro atoms. The standard InChI is InChI=1S/C13H12O6.C10H10O3.C9H3Cl5O3.C9H8O3.C9H10O3.C5H4O3/c1-5-2-6(7-4-9(14)18-11(7)15)3-8-10(5)13(17)19-12(8)16;1-4-5-2-3-6(4)8-7(5)9(11)13-10(8)12;10-3-4(11)9(14)2-1(5(15)17-6(2)16)8(3,13)7(9)12;10-8-6-4-1-2-5(3-4)7(6)9(11)12-8;1-5-3-2-4-6-7(5)9(11)12-8(6)10;1-3-2-4(6)8-5(3)7/h2,6-8,10H,3-4H2,1H3;2-8H,1H3;1-2,7H;1-2,4-7H,3H2;2-3,5-7H,4H2,1H3;1-2H2. The zero-order chi connectivity index (χ0) is 58.8. The SMILES string of the molecule is C=C1CC(=O)OC1=O.CC1=CC(C2CC(=O)OC2=O)CC2C(=O)OC(=O)C12.CC1C2C=CC1C1C(=O)OC(=O)C21.CC1C=CCC2C(=O)OC(=O)C12.O=C1OC(=O)C2C1C1(Cl)C(Cl)=C(Cl)C2(Cl)C1Cl.O=C1OC(=O)C2C3C=CC(C3)C12. The van der Waals surface area contributed by atoms with E-state index in [1.54, 1.807) is 13.0 Å². The summed E-state index contributed by atoms with van der Waals surface area (Å²) in [4.78, 5) is 154. The summed E-state index contributed by atoms with van der Waals surface area (Å²) in [7, 11) is 0. The largest absolute Gasteiger partial charge is 0.393 e. The van der Waals surface area contributed by atoms with E-state index in [2.05, 4.69) is 58.8 Å². The Morgan fingerprint density at radius 3 is 1.44 bits per heavy atom. The fourth-order valence-electron chi connectivity index (χ4n) is 14.1. The lowest BCUT2D eigenvalue weighted by atomic mass is 9.72. The first-order chi connectivity index (χ1) is 38.1. The summed E-state index contributed by atoms with van der Waals surface area (Å²) in [6.07, 6.45) is 16.0. The first kappa shape index (κ1) is 58.1. The number of cyclic esters (lactones) is 14. The Kier molecular flexibility index (Phi) is 15.2. The molecule has 21 nitrogen and oxygen atoms in total. The van der Waals surface area contributed by atoms with E-state index in [1.165, 1.54) is 0 Å². The molecule has 7 heterocycles. The molecule has 7 aliphatic heterocycles. The van der Waals surface area contributed by atoms with E-state index < -0.39 is 92.5 Å². The number of esters is 14. The number of carbonyl (C=O) groups is 14. The van der Waals surface area contributed by atoms with Crippen LogP contribution < -0.4 is 0 Å². The predicted octanol–water partition coefficient (Wildman–Crippen LogP) is 5.12. The highest BCUT2D eigenvalue weighted by atomic mass is 35.5. The number of ether oxygens (including phenoxy) is 7. The van der Waals surface area contributed by atoms with Gasteiger partial charge in [0, 0.05) is 5.57 Å². The molecule has 428 valence electrons. The minimum atomic E-state index is -1.46. The number of carbonyl (C=O) groups excluding carboxylic acids is 14. The third-order valence-electron chi connectivity index (χ3n) is 18.0. The van der Waals surface area contributed by atoms with Gasteiger partial charge in [-0.15, -0.1) is 34.8 Å². The van der Waals surface area contributed by atoms with Crippen LogP contribution >= 0.6 is 58.0 Å². The van der Waals surface area contributed by atoms with Gasteiger partial charge < -0.3 is 33.2 Å². The molecule has 0 aromatic heterocycles. The van der Waals surface area contributed by atoms with Gasteiger partial charge in [0.05, 0.1) is 93.4 Å². The van der Waals surface area contributed by atoms with Crippen LogP contribution in [0.1, 0.15) is 52.9 Å². The number of allylic oxidation sites excluding steroid dienone is 9. The summed E-state index contributed by atoms with van der Waals surface area (Å²) in [6, 6.07) is 0. The predicted molar refractivity (Wildman–Crippen MR) is 271 cm³/mol. The average molecular weight is 1220 g/mol. The van der Waals surface area contributed by atoms with Gasteiger partial charge in [-0.05, 0) is 67.6 Å². The van der Waals surface area contributed by atoms with Gasteiger partial charge in [0.2, 0.25) is 0 Å². The average Bonchev–Trinajstić information content (AvgIpc) is 2.63. The van der Waals surface area contributed by atoms with Crippen molar-refractivity contribution in [1.29, 1.82) is 0 Å².